The number of rotatable bonds is 5. The van der Waals surface area contributed by atoms with Crippen LogP contribution in [0.25, 0.3) is 10.9 Å². The van der Waals surface area contributed by atoms with E-state index in [0.717, 1.165) is 19.1 Å². The van der Waals surface area contributed by atoms with Gasteiger partial charge in [0.25, 0.3) is 0 Å². The molecule has 21 heavy (non-hydrogen) atoms. The molecule has 3 aromatic rings. The van der Waals surface area contributed by atoms with Crippen LogP contribution in [0.5, 0.6) is 0 Å². The monoisotopic (exact) mass is 280 g/mol. The highest BCUT2D eigenvalue weighted by Gasteiger charge is 2.20. The minimum atomic E-state index is 0.737. The van der Waals surface area contributed by atoms with Crippen molar-refractivity contribution in [2.24, 2.45) is 7.05 Å². The van der Waals surface area contributed by atoms with Crippen molar-refractivity contribution in [3.8, 4) is 0 Å². The minimum Gasteiger partial charge on any atom is -0.341 e. The van der Waals surface area contributed by atoms with Gasteiger partial charge >= 0.3 is 0 Å². The molecule has 4 rings (SSSR count). The maximum atomic E-state index is 4.21. The van der Waals surface area contributed by atoms with E-state index >= 15 is 0 Å². The van der Waals surface area contributed by atoms with Crippen LogP contribution in [0.15, 0.2) is 43.0 Å². The Morgan fingerprint density at radius 3 is 2.95 bits per heavy atom. The number of para-hydroxylation sites is 1. The maximum Gasteiger partial charge on any atom is 0.0946 e. The average molecular weight is 280 g/mol. The highest BCUT2D eigenvalue weighted by atomic mass is 15.1. The van der Waals surface area contributed by atoms with Crippen molar-refractivity contribution in [2.75, 3.05) is 0 Å². The molecule has 0 atom stereocenters. The van der Waals surface area contributed by atoms with Gasteiger partial charge in [-0.25, -0.2) is 4.98 Å². The molecule has 1 saturated carbocycles. The van der Waals surface area contributed by atoms with Crippen LogP contribution in [0.3, 0.4) is 0 Å². The number of fused-ring (bicyclic) bond motifs is 1. The first-order chi connectivity index (χ1) is 10.3. The molecule has 1 aliphatic carbocycles. The van der Waals surface area contributed by atoms with Crippen molar-refractivity contribution in [3.05, 3.63) is 54.2 Å². The summed E-state index contributed by atoms with van der Waals surface area (Å²) in [5.41, 5.74) is 3.94. The summed E-state index contributed by atoms with van der Waals surface area (Å²) in [6.07, 6.45) is 8.63. The van der Waals surface area contributed by atoms with Crippen LogP contribution in [-0.2, 0) is 20.1 Å². The Kier molecular flexibility index (Phi) is 3.04. The summed E-state index contributed by atoms with van der Waals surface area (Å²) in [5.74, 6) is 0. The van der Waals surface area contributed by atoms with Gasteiger partial charge in [-0.15, -0.1) is 0 Å². The molecule has 2 heterocycles. The third kappa shape index (κ3) is 2.47. The highest BCUT2D eigenvalue weighted by Crippen LogP contribution is 2.24. The van der Waals surface area contributed by atoms with E-state index in [-0.39, 0.29) is 0 Å². The summed E-state index contributed by atoms with van der Waals surface area (Å²) in [7, 11) is 2.05. The fourth-order valence-corrected chi connectivity index (χ4v) is 2.87. The SMILES string of the molecule is Cn1cncc1Cn1ccc2cccc(CNC3CC3)c21. The summed E-state index contributed by atoms with van der Waals surface area (Å²) in [6.45, 7) is 1.82. The number of hydrogen-bond donors (Lipinski definition) is 1. The molecule has 1 fully saturated rings. The van der Waals surface area contributed by atoms with Crippen LogP contribution < -0.4 is 5.32 Å². The number of aromatic nitrogens is 3. The number of nitrogens with one attached hydrogen (secondary N) is 1. The Labute approximate surface area is 124 Å². The Morgan fingerprint density at radius 2 is 2.19 bits per heavy atom. The van der Waals surface area contributed by atoms with Gasteiger partial charge in [-0.2, -0.15) is 0 Å². The lowest BCUT2D eigenvalue weighted by Crippen LogP contribution is -2.16. The third-order valence-corrected chi connectivity index (χ3v) is 4.28. The van der Waals surface area contributed by atoms with Crippen LogP contribution in [0.1, 0.15) is 24.1 Å². The molecule has 0 aliphatic heterocycles. The van der Waals surface area contributed by atoms with E-state index in [1.807, 2.05) is 19.6 Å². The minimum absolute atomic E-state index is 0.737. The third-order valence-electron chi connectivity index (χ3n) is 4.28. The van der Waals surface area contributed by atoms with E-state index in [0.29, 0.717) is 0 Å². The van der Waals surface area contributed by atoms with Crippen LogP contribution in [0, 0.1) is 0 Å². The molecular weight excluding hydrogens is 260 g/mol. The fourth-order valence-electron chi connectivity index (χ4n) is 2.87. The van der Waals surface area contributed by atoms with Gasteiger partial charge in [0.15, 0.2) is 0 Å². The molecule has 0 spiro atoms. The molecule has 0 bridgehead atoms. The fraction of sp³-hybridized carbons (Fsp3) is 0.353. The summed E-state index contributed by atoms with van der Waals surface area (Å²) >= 11 is 0. The Hall–Kier alpha value is -2.07. The van der Waals surface area contributed by atoms with Gasteiger partial charge in [0.05, 0.1) is 24.1 Å². The number of benzene rings is 1. The lowest BCUT2D eigenvalue weighted by Gasteiger charge is -2.11. The topological polar surface area (TPSA) is 34.8 Å². The van der Waals surface area contributed by atoms with E-state index in [1.165, 1.54) is 35.0 Å². The second-order valence-corrected chi connectivity index (χ2v) is 5.95. The summed E-state index contributed by atoms with van der Waals surface area (Å²) in [5, 5.41) is 4.93. The molecule has 4 heteroatoms. The Bertz CT molecular complexity index is 764. The number of imidazole rings is 1. The lowest BCUT2D eigenvalue weighted by molar-refractivity contribution is 0.684. The smallest absolute Gasteiger partial charge is 0.0946 e. The number of aryl methyl sites for hydroxylation is 1. The molecule has 1 aliphatic rings. The number of nitrogens with zero attached hydrogens (tertiary/aromatic N) is 3. The first-order valence-corrected chi connectivity index (χ1v) is 7.56. The molecule has 1 N–H and O–H groups in total. The second-order valence-electron chi connectivity index (χ2n) is 5.95. The van der Waals surface area contributed by atoms with E-state index < -0.39 is 0 Å². The Morgan fingerprint density at radius 1 is 1.29 bits per heavy atom. The molecule has 4 nitrogen and oxygen atoms in total. The van der Waals surface area contributed by atoms with E-state index in [1.54, 1.807) is 0 Å². The zero-order valence-electron chi connectivity index (χ0n) is 12.3. The van der Waals surface area contributed by atoms with Gasteiger partial charge in [-0.3, -0.25) is 0 Å². The van der Waals surface area contributed by atoms with E-state index in [4.69, 9.17) is 0 Å². The highest BCUT2D eigenvalue weighted by molar-refractivity contribution is 5.83. The molecule has 108 valence electrons. The molecule has 0 unspecified atom stereocenters. The molecule has 1 aromatic carbocycles. The Balaban J connectivity index is 1.69. The van der Waals surface area contributed by atoms with Crippen molar-refractivity contribution >= 4 is 10.9 Å². The zero-order valence-corrected chi connectivity index (χ0v) is 12.3. The van der Waals surface area contributed by atoms with Crippen molar-refractivity contribution in [3.63, 3.8) is 0 Å². The molecule has 0 amide bonds. The molecule has 2 aromatic heterocycles. The standard InChI is InChI=1S/C17H20N4/c1-20-12-18-10-16(20)11-21-8-7-13-3-2-4-14(17(13)21)9-19-15-5-6-15/h2-4,7-8,10,12,15,19H,5-6,9,11H2,1H3. The van der Waals surface area contributed by atoms with Crippen LogP contribution >= 0.6 is 0 Å². The quantitative estimate of drug-likeness (QED) is 0.780. The zero-order chi connectivity index (χ0) is 14.2. The van der Waals surface area contributed by atoms with E-state index in [2.05, 4.69) is 49.9 Å². The van der Waals surface area contributed by atoms with Gasteiger partial charge in [-0.1, -0.05) is 18.2 Å². The van der Waals surface area contributed by atoms with E-state index in [9.17, 15) is 0 Å². The largest absolute Gasteiger partial charge is 0.341 e. The second kappa shape index (κ2) is 5.04. The predicted octanol–water partition coefficient (Wildman–Crippen LogP) is 2.68. The van der Waals surface area contributed by atoms with Crippen molar-refractivity contribution < 1.29 is 0 Å². The summed E-state index contributed by atoms with van der Waals surface area (Å²) < 4.78 is 4.41. The number of hydrogen-bond acceptors (Lipinski definition) is 2. The normalized spacial score (nSPS) is 14.9. The van der Waals surface area contributed by atoms with Crippen LogP contribution in [-0.4, -0.2) is 20.2 Å². The first-order valence-electron chi connectivity index (χ1n) is 7.56. The molecular formula is C17H20N4. The van der Waals surface area contributed by atoms with Crippen molar-refractivity contribution in [1.82, 2.24) is 19.4 Å². The molecule has 0 radical (unpaired) electrons. The summed E-state index contributed by atoms with van der Waals surface area (Å²) in [4.78, 5) is 4.21. The van der Waals surface area contributed by atoms with Gasteiger partial charge in [0, 0.05) is 32.0 Å². The maximum absolute atomic E-state index is 4.21. The van der Waals surface area contributed by atoms with Gasteiger partial charge in [0.1, 0.15) is 0 Å². The van der Waals surface area contributed by atoms with Crippen molar-refractivity contribution in [1.29, 1.82) is 0 Å². The predicted molar refractivity (Wildman–Crippen MR) is 84.1 cm³/mol. The first kappa shape index (κ1) is 12.7. The molecule has 0 saturated heterocycles. The summed E-state index contributed by atoms with van der Waals surface area (Å²) in [6, 6.07) is 9.51. The van der Waals surface area contributed by atoms with Gasteiger partial charge in [0.2, 0.25) is 0 Å². The average Bonchev–Trinajstić information content (AvgIpc) is 3.11. The van der Waals surface area contributed by atoms with Crippen molar-refractivity contribution in [2.45, 2.75) is 32.0 Å². The van der Waals surface area contributed by atoms with Crippen LogP contribution in [0.4, 0.5) is 0 Å². The lowest BCUT2D eigenvalue weighted by atomic mass is 10.1. The van der Waals surface area contributed by atoms with Crippen LogP contribution in [0.2, 0.25) is 0 Å². The van der Waals surface area contributed by atoms with Gasteiger partial charge in [-0.05, 0) is 29.9 Å². The van der Waals surface area contributed by atoms with Gasteiger partial charge < -0.3 is 14.5 Å².